The van der Waals surface area contributed by atoms with E-state index >= 15 is 0 Å². The highest BCUT2D eigenvalue weighted by Gasteiger charge is 2.23. The lowest BCUT2D eigenvalue weighted by Crippen LogP contribution is -2.41. The summed E-state index contributed by atoms with van der Waals surface area (Å²) in [6.07, 6.45) is 1.63. The van der Waals surface area contributed by atoms with Gasteiger partial charge in [-0.1, -0.05) is 36.0 Å². The lowest BCUT2D eigenvalue weighted by Gasteiger charge is -2.26. The first-order valence-corrected chi connectivity index (χ1v) is 12.0. The number of thioether (sulfide) groups is 1. The van der Waals surface area contributed by atoms with Gasteiger partial charge in [0.2, 0.25) is 5.91 Å². The Hall–Kier alpha value is -3.04. The van der Waals surface area contributed by atoms with Crippen molar-refractivity contribution in [1.29, 1.82) is 0 Å². The molecule has 0 radical (unpaired) electrons. The van der Waals surface area contributed by atoms with E-state index in [9.17, 15) is 9.59 Å². The molecule has 33 heavy (non-hydrogen) atoms. The average molecular weight is 468 g/mol. The zero-order valence-electron chi connectivity index (χ0n) is 18.1. The standard InChI is InChI=1S/C24H25N3O5S/c28-22(25-12-17-14-31-20-9-3-4-10-21(20)32-17)15-33-24-26-19-8-2-1-7-18(19)23(29)27(24)13-16-6-5-11-30-16/h1-4,7-10,16-17H,5-6,11-15H2,(H,25,28)/t16-,17+/m0/s1. The molecule has 0 unspecified atom stereocenters. The molecule has 0 aliphatic carbocycles. The maximum Gasteiger partial charge on any atom is 0.262 e. The smallest absolute Gasteiger partial charge is 0.262 e. The van der Waals surface area contributed by atoms with E-state index in [4.69, 9.17) is 14.2 Å². The Morgan fingerprint density at radius 2 is 1.94 bits per heavy atom. The van der Waals surface area contributed by atoms with Gasteiger partial charge in [-0.15, -0.1) is 0 Å². The second-order valence-electron chi connectivity index (χ2n) is 8.05. The first-order valence-electron chi connectivity index (χ1n) is 11.1. The first kappa shape index (κ1) is 21.8. The lowest BCUT2D eigenvalue weighted by atomic mass is 10.2. The molecule has 9 heteroatoms. The molecule has 8 nitrogen and oxygen atoms in total. The van der Waals surface area contributed by atoms with Crippen molar-refractivity contribution in [3.05, 3.63) is 58.9 Å². The molecule has 2 aromatic carbocycles. The van der Waals surface area contributed by atoms with Gasteiger partial charge in [0.25, 0.3) is 5.56 Å². The molecule has 1 saturated heterocycles. The molecule has 2 atom stereocenters. The van der Waals surface area contributed by atoms with Gasteiger partial charge in [0, 0.05) is 6.61 Å². The number of ether oxygens (including phenoxy) is 3. The Kier molecular flexibility index (Phi) is 6.50. The van der Waals surface area contributed by atoms with Crippen LogP contribution in [0.5, 0.6) is 11.5 Å². The summed E-state index contributed by atoms with van der Waals surface area (Å²) in [5.41, 5.74) is 0.519. The summed E-state index contributed by atoms with van der Waals surface area (Å²) in [6, 6.07) is 14.7. The van der Waals surface area contributed by atoms with Gasteiger partial charge in [-0.25, -0.2) is 4.98 Å². The average Bonchev–Trinajstić information content (AvgIpc) is 3.36. The molecule has 0 spiro atoms. The number of nitrogens with one attached hydrogen (secondary N) is 1. The number of aromatic nitrogens is 2. The number of amides is 1. The summed E-state index contributed by atoms with van der Waals surface area (Å²) >= 11 is 1.25. The van der Waals surface area contributed by atoms with Crippen molar-refractivity contribution in [3.63, 3.8) is 0 Å². The fraction of sp³-hybridized carbons (Fsp3) is 0.375. The lowest BCUT2D eigenvalue weighted by molar-refractivity contribution is -0.119. The number of rotatable bonds is 7. The van der Waals surface area contributed by atoms with Crippen molar-refractivity contribution < 1.29 is 19.0 Å². The van der Waals surface area contributed by atoms with Crippen molar-refractivity contribution in [3.8, 4) is 11.5 Å². The van der Waals surface area contributed by atoms with Gasteiger partial charge in [0.15, 0.2) is 16.7 Å². The summed E-state index contributed by atoms with van der Waals surface area (Å²) in [5, 5.41) is 3.99. The molecule has 5 rings (SSSR count). The van der Waals surface area contributed by atoms with Gasteiger partial charge in [0.1, 0.15) is 12.7 Å². The number of carbonyl (C=O) groups is 1. The second-order valence-corrected chi connectivity index (χ2v) is 9.00. The molecule has 3 aromatic rings. The fourth-order valence-electron chi connectivity index (χ4n) is 3.98. The first-order chi connectivity index (χ1) is 16.2. The highest BCUT2D eigenvalue weighted by Crippen LogP contribution is 2.30. The molecule has 0 saturated carbocycles. The Labute approximate surface area is 195 Å². The zero-order chi connectivity index (χ0) is 22.6. The van der Waals surface area contributed by atoms with Crippen LogP contribution in [0.4, 0.5) is 0 Å². The summed E-state index contributed by atoms with van der Waals surface area (Å²) in [7, 11) is 0. The van der Waals surface area contributed by atoms with Crippen LogP contribution < -0.4 is 20.3 Å². The van der Waals surface area contributed by atoms with E-state index in [-0.39, 0.29) is 29.4 Å². The van der Waals surface area contributed by atoms with Crippen LogP contribution in [-0.4, -0.2) is 53.2 Å². The maximum atomic E-state index is 13.1. The van der Waals surface area contributed by atoms with Crippen molar-refractivity contribution in [2.45, 2.75) is 36.8 Å². The summed E-state index contributed by atoms with van der Waals surface area (Å²) < 4.78 is 19.0. The molecule has 2 aliphatic heterocycles. The third-order valence-electron chi connectivity index (χ3n) is 5.66. The number of carbonyl (C=O) groups excluding carboxylic acids is 1. The SMILES string of the molecule is O=C(CSc1nc2ccccc2c(=O)n1C[C@@H]1CCCO1)NC[C@@H]1COc2ccccc2O1. The Bertz CT molecular complexity index is 1210. The molecule has 3 heterocycles. The molecule has 1 N–H and O–H groups in total. The summed E-state index contributed by atoms with van der Waals surface area (Å²) in [4.78, 5) is 30.3. The number of hydrogen-bond donors (Lipinski definition) is 1. The summed E-state index contributed by atoms with van der Waals surface area (Å²) in [5.74, 6) is 1.37. The molecule has 1 aromatic heterocycles. The largest absolute Gasteiger partial charge is 0.486 e. The monoisotopic (exact) mass is 467 g/mol. The van der Waals surface area contributed by atoms with E-state index in [0.717, 1.165) is 12.8 Å². The van der Waals surface area contributed by atoms with Crippen LogP contribution in [0.3, 0.4) is 0 Å². The highest BCUT2D eigenvalue weighted by molar-refractivity contribution is 7.99. The highest BCUT2D eigenvalue weighted by atomic mass is 32.2. The number of nitrogens with zero attached hydrogens (tertiary/aromatic N) is 2. The van der Waals surface area contributed by atoms with E-state index < -0.39 is 0 Å². The molecule has 1 amide bonds. The van der Waals surface area contributed by atoms with Gasteiger partial charge in [-0.2, -0.15) is 0 Å². The topological polar surface area (TPSA) is 91.7 Å². The molecule has 0 bridgehead atoms. The van der Waals surface area contributed by atoms with Crippen LogP contribution in [0, 0.1) is 0 Å². The zero-order valence-corrected chi connectivity index (χ0v) is 18.9. The van der Waals surface area contributed by atoms with Crippen LogP contribution in [0.1, 0.15) is 12.8 Å². The van der Waals surface area contributed by atoms with Gasteiger partial charge < -0.3 is 19.5 Å². The van der Waals surface area contributed by atoms with Crippen LogP contribution >= 0.6 is 11.8 Å². The Morgan fingerprint density at radius 3 is 2.79 bits per heavy atom. The van der Waals surface area contributed by atoms with Crippen molar-refractivity contribution in [2.75, 3.05) is 25.5 Å². The molecular formula is C24H25N3O5S. The number of fused-ring (bicyclic) bond motifs is 2. The van der Waals surface area contributed by atoms with E-state index in [2.05, 4.69) is 10.3 Å². The van der Waals surface area contributed by atoms with Crippen molar-refractivity contribution in [2.24, 2.45) is 0 Å². The van der Waals surface area contributed by atoms with E-state index in [0.29, 0.717) is 53.9 Å². The maximum absolute atomic E-state index is 13.1. The normalized spacial score (nSPS) is 19.5. The van der Waals surface area contributed by atoms with Gasteiger partial charge >= 0.3 is 0 Å². The minimum Gasteiger partial charge on any atom is -0.486 e. The van der Waals surface area contributed by atoms with E-state index in [1.165, 1.54) is 11.8 Å². The van der Waals surface area contributed by atoms with Crippen LogP contribution in [-0.2, 0) is 16.1 Å². The van der Waals surface area contributed by atoms with Crippen LogP contribution in [0.2, 0.25) is 0 Å². The van der Waals surface area contributed by atoms with Crippen molar-refractivity contribution >= 4 is 28.6 Å². The molecule has 172 valence electrons. The van der Waals surface area contributed by atoms with Crippen molar-refractivity contribution in [1.82, 2.24) is 14.9 Å². The minimum absolute atomic E-state index is 0.00910. The second kappa shape index (κ2) is 9.84. The third kappa shape index (κ3) is 4.99. The number of para-hydroxylation sites is 3. The van der Waals surface area contributed by atoms with Gasteiger partial charge in [-0.05, 0) is 37.1 Å². The van der Waals surface area contributed by atoms with Gasteiger partial charge in [0.05, 0.1) is 35.8 Å². The summed E-state index contributed by atoms with van der Waals surface area (Å²) in [6.45, 7) is 1.86. The fourth-order valence-corrected chi connectivity index (χ4v) is 4.82. The molecule has 1 fully saturated rings. The molecular weight excluding hydrogens is 442 g/mol. The van der Waals surface area contributed by atoms with Gasteiger partial charge in [-0.3, -0.25) is 14.2 Å². The Balaban J connectivity index is 1.24. The number of hydrogen-bond acceptors (Lipinski definition) is 7. The minimum atomic E-state index is -0.259. The van der Waals surface area contributed by atoms with E-state index in [1.54, 1.807) is 10.6 Å². The quantitative estimate of drug-likeness (QED) is 0.422. The predicted octanol–water partition coefficient (Wildman–Crippen LogP) is 2.62. The van der Waals surface area contributed by atoms with Crippen LogP contribution in [0.15, 0.2) is 58.5 Å². The third-order valence-corrected chi connectivity index (χ3v) is 6.64. The predicted molar refractivity (Wildman–Crippen MR) is 125 cm³/mol. The Morgan fingerprint density at radius 1 is 1.12 bits per heavy atom. The number of benzene rings is 2. The van der Waals surface area contributed by atoms with Crippen LogP contribution in [0.25, 0.3) is 10.9 Å². The molecule has 2 aliphatic rings. The van der Waals surface area contributed by atoms with E-state index in [1.807, 2.05) is 42.5 Å².